The number of amides is 1. The first-order chi connectivity index (χ1) is 10.2. The SMILES string of the molecule is CC(=O)O[C@@H]1C(=O)N(Sc2ccccc2)[C@H]1c1ccco1. The summed E-state index contributed by atoms with van der Waals surface area (Å²) in [4.78, 5) is 24.3. The Hall–Kier alpha value is -2.21. The zero-order valence-corrected chi connectivity index (χ0v) is 12.1. The molecule has 0 spiro atoms. The molecule has 1 saturated heterocycles. The summed E-state index contributed by atoms with van der Waals surface area (Å²) in [6.07, 6.45) is 0.721. The second kappa shape index (κ2) is 5.65. The summed E-state index contributed by atoms with van der Waals surface area (Å²) in [5.74, 6) is -0.112. The molecule has 2 heterocycles. The number of furan rings is 1. The fourth-order valence-electron chi connectivity index (χ4n) is 2.15. The number of nitrogens with zero attached hydrogens (tertiary/aromatic N) is 1. The second-order valence-electron chi connectivity index (χ2n) is 4.56. The van der Waals surface area contributed by atoms with Gasteiger partial charge >= 0.3 is 5.97 Å². The minimum Gasteiger partial charge on any atom is -0.467 e. The number of β-lactam (4-membered cyclic amide) rings is 1. The number of carbonyl (C=O) groups is 2. The van der Waals surface area contributed by atoms with Crippen molar-refractivity contribution >= 4 is 23.8 Å². The molecular weight excluding hydrogens is 290 g/mol. The van der Waals surface area contributed by atoms with E-state index in [1.165, 1.54) is 25.1 Å². The van der Waals surface area contributed by atoms with Crippen LogP contribution < -0.4 is 0 Å². The standard InChI is InChI=1S/C15H13NO4S/c1-10(17)20-14-13(12-8-5-9-19-12)16(15(14)18)21-11-6-3-2-4-7-11/h2-9,13-14H,1H3/t13-,14-/m0/s1. The Morgan fingerprint density at radius 1 is 1.24 bits per heavy atom. The largest absolute Gasteiger partial charge is 0.467 e. The van der Waals surface area contributed by atoms with Gasteiger partial charge < -0.3 is 9.15 Å². The first kappa shape index (κ1) is 13.8. The van der Waals surface area contributed by atoms with Gasteiger partial charge in [-0.05, 0) is 36.2 Å². The molecule has 0 radical (unpaired) electrons. The predicted molar refractivity (Wildman–Crippen MR) is 76.1 cm³/mol. The van der Waals surface area contributed by atoms with E-state index in [1.807, 2.05) is 30.3 Å². The minimum absolute atomic E-state index is 0.236. The third-order valence-corrected chi connectivity index (χ3v) is 4.16. The number of hydrogen-bond donors (Lipinski definition) is 0. The summed E-state index contributed by atoms with van der Waals surface area (Å²) in [6.45, 7) is 1.29. The van der Waals surface area contributed by atoms with Crippen LogP contribution in [-0.4, -0.2) is 22.3 Å². The maximum absolute atomic E-state index is 12.2. The highest BCUT2D eigenvalue weighted by Gasteiger charge is 2.53. The fourth-order valence-corrected chi connectivity index (χ4v) is 3.18. The van der Waals surface area contributed by atoms with E-state index in [4.69, 9.17) is 9.15 Å². The van der Waals surface area contributed by atoms with Gasteiger partial charge in [0.2, 0.25) is 6.10 Å². The van der Waals surface area contributed by atoms with Gasteiger partial charge in [0.25, 0.3) is 5.91 Å². The monoisotopic (exact) mass is 303 g/mol. The smallest absolute Gasteiger partial charge is 0.303 e. The van der Waals surface area contributed by atoms with E-state index >= 15 is 0 Å². The van der Waals surface area contributed by atoms with Crippen molar-refractivity contribution in [1.82, 2.24) is 4.31 Å². The summed E-state index contributed by atoms with van der Waals surface area (Å²) in [7, 11) is 0. The summed E-state index contributed by atoms with van der Waals surface area (Å²) in [5.41, 5.74) is 0. The van der Waals surface area contributed by atoms with E-state index in [0.717, 1.165) is 4.90 Å². The molecule has 1 amide bonds. The van der Waals surface area contributed by atoms with Gasteiger partial charge in [-0.3, -0.25) is 13.9 Å². The fraction of sp³-hybridized carbons (Fsp3) is 0.200. The van der Waals surface area contributed by atoms with Crippen LogP contribution in [0.4, 0.5) is 0 Å². The Morgan fingerprint density at radius 2 is 2.00 bits per heavy atom. The molecular formula is C15H13NO4S. The van der Waals surface area contributed by atoms with Crippen molar-refractivity contribution in [2.45, 2.75) is 24.0 Å². The molecule has 1 aromatic carbocycles. The van der Waals surface area contributed by atoms with Crippen molar-refractivity contribution in [1.29, 1.82) is 0 Å². The molecule has 21 heavy (non-hydrogen) atoms. The average molecular weight is 303 g/mol. The van der Waals surface area contributed by atoms with Gasteiger partial charge in [-0.1, -0.05) is 18.2 Å². The number of carbonyl (C=O) groups excluding carboxylic acids is 2. The van der Waals surface area contributed by atoms with Gasteiger partial charge in [-0.15, -0.1) is 0 Å². The Kier molecular flexibility index (Phi) is 3.70. The lowest BCUT2D eigenvalue weighted by Crippen LogP contribution is -2.56. The van der Waals surface area contributed by atoms with E-state index in [2.05, 4.69) is 0 Å². The summed E-state index contributed by atoms with van der Waals surface area (Å²) in [6, 6.07) is 12.7. The van der Waals surface area contributed by atoms with Gasteiger partial charge in [0.05, 0.1) is 6.26 Å². The number of benzene rings is 1. The maximum atomic E-state index is 12.2. The van der Waals surface area contributed by atoms with E-state index in [9.17, 15) is 9.59 Å². The summed E-state index contributed by atoms with van der Waals surface area (Å²) < 4.78 is 12.0. The molecule has 2 aromatic rings. The lowest BCUT2D eigenvalue weighted by Gasteiger charge is -2.43. The maximum Gasteiger partial charge on any atom is 0.303 e. The third-order valence-electron chi connectivity index (χ3n) is 3.07. The average Bonchev–Trinajstić information content (AvgIpc) is 2.99. The van der Waals surface area contributed by atoms with Crippen molar-refractivity contribution in [3.63, 3.8) is 0 Å². The molecule has 108 valence electrons. The van der Waals surface area contributed by atoms with Crippen LogP contribution in [0.2, 0.25) is 0 Å². The van der Waals surface area contributed by atoms with Crippen molar-refractivity contribution < 1.29 is 18.7 Å². The molecule has 0 unspecified atom stereocenters. The first-order valence-corrected chi connectivity index (χ1v) is 7.21. The van der Waals surface area contributed by atoms with Crippen LogP contribution >= 0.6 is 11.9 Å². The zero-order chi connectivity index (χ0) is 14.8. The number of rotatable bonds is 4. The van der Waals surface area contributed by atoms with E-state index in [-0.39, 0.29) is 5.91 Å². The molecule has 3 rings (SSSR count). The van der Waals surface area contributed by atoms with Gasteiger partial charge in [0, 0.05) is 11.8 Å². The Labute approximate surface area is 126 Å². The summed E-state index contributed by atoms with van der Waals surface area (Å²) in [5, 5.41) is 0. The minimum atomic E-state index is -0.815. The molecule has 1 fully saturated rings. The van der Waals surface area contributed by atoms with Crippen LogP contribution in [-0.2, 0) is 14.3 Å². The molecule has 6 heteroatoms. The molecule has 5 nitrogen and oxygen atoms in total. The number of esters is 1. The quantitative estimate of drug-likeness (QED) is 0.494. The highest BCUT2D eigenvalue weighted by molar-refractivity contribution is 7.97. The van der Waals surface area contributed by atoms with Crippen molar-refractivity contribution in [3.8, 4) is 0 Å². The Balaban J connectivity index is 1.82. The van der Waals surface area contributed by atoms with Gasteiger partial charge in [-0.25, -0.2) is 0 Å². The van der Waals surface area contributed by atoms with E-state index in [0.29, 0.717) is 5.76 Å². The molecule has 1 aliphatic heterocycles. The van der Waals surface area contributed by atoms with Crippen molar-refractivity contribution in [3.05, 3.63) is 54.5 Å². The van der Waals surface area contributed by atoms with Gasteiger partial charge in [0.15, 0.2) is 0 Å². The second-order valence-corrected chi connectivity index (χ2v) is 5.61. The topological polar surface area (TPSA) is 59.8 Å². The molecule has 0 aliphatic carbocycles. The number of ether oxygens (including phenoxy) is 1. The van der Waals surface area contributed by atoms with Crippen molar-refractivity contribution in [2.24, 2.45) is 0 Å². The van der Waals surface area contributed by atoms with Gasteiger partial charge in [-0.2, -0.15) is 0 Å². The normalized spacial score (nSPS) is 21.0. The van der Waals surface area contributed by atoms with E-state index < -0.39 is 18.1 Å². The van der Waals surface area contributed by atoms with Crippen LogP contribution in [0.5, 0.6) is 0 Å². The Morgan fingerprint density at radius 3 is 2.62 bits per heavy atom. The Bertz CT molecular complexity index is 641. The van der Waals surface area contributed by atoms with Crippen LogP contribution in [0.15, 0.2) is 58.0 Å². The first-order valence-electron chi connectivity index (χ1n) is 6.43. The molecule has 1 aliphatic rings. The van der Waals surface area contributed by atoms with Crippen LogP contribution in [0.25, 0.3) is 0 Å². The highest BCUT2D eigenvalue weighted by atomic mass is 32.2. The highest BCUT2D eigenvalue weighted by Crippen LogP contribution is 2.44. The summed E-state index contributed by atoms with van der Waals surface area (Å²) >= 11 is 1.31. The van der Waals surface area contributed by atoms with Crippen LogP contribution in [0, 0.1) is 0 Å². The predicted octanol–water partition coefficient (Wildman–Crippen LogP) is 2.80. The van der Waals surface area contributed by atoms with Crippen LogP contribution in [0.3, 0.4) is 0 Å². The molecule has 1 aromatic heterocycles. The zero-order valence-electron chi connectivity index (χ0n) is 11.3. The van der Waals surface area contributed by atoms with Crippen molar-refractivity contribution in [2.75, 3.05) is 0 Å². The molecule has 0 N–H and O–H groups in total. The lowest BCUT2D eigenvalue weighted by atomic mass is 9.99. The molecule has 2 atom stereocenters. The molecule has 0 bridgehead atoms. The molecule has 0 saturated carbocycles. The van der Waals surface area contributed by atoms with Gasteiger partial charge in [0.1, 0.15) is 11.8 Å². The van der Waals surface area contributed by atoms with Crippen LogP contribution in [0.1, 0.15) is 18.7 Å². The van der Waals surface area contributed by atoms with E-state index in [1.54, 1.807) is 16.4 Å². The lowest BCUT2D eigenvalue weighted by molar-refractivity contribution is -0.174. The number of hydrogen-bond acceptors (Lipinski definition) is 5. The third kappa shape index (κ3) is 2.67.